The summed E-state index contributed by atoms with van der Waals surface area (Å²) in [6.07, 6.45) is 3.86. The molecule has 0 radical (unpaired) electrons. The van der Waals surface area contributed by atoms with E-state index in [9.17, 15) is 4.79 Å². The fraction of sp³-hybridized carbons (Fsp3) is 0.556. The molecule has 1 N–H and O–H groups in total. The lowest BCUT2D eigenvalue weighted by atomic mass is 9.90. The highest BCUT2D eigenvalue weighted by Crippen LogP contribution is 2.21. The van der Waals surface area contributed by atoms with Crippen LogP contribution in [0.3, 0.4) is 0 Å². The number of methoxy groups -OCH3 is 1. The fourth-order valence-corrected chi connectivity index (χ4v) is 3.01. The molecule has 0 bridgehead atoms. The summed E-state index contributed by atoms with van der Waals surface area (Å²) < 4.78 is 4.65. The Labute approximate surface area is 138 Å². The highest BCUT2D eigenvalue weighted by molar-refractivity contribution is 5.80. The Hall–Kier alpha value is -2.04. The topological polar surface area (TPSA) is 53.9 Å². The predicted octanol–water partition coefficient (Wildman–Crippen LogP) is 2.08. The number of hydrogen-bond acceptors (Lipinski definition) is 3. The van der Waals surface area contributed by atoms with Gasteiger partial charge in [0, 0.05) is 26.7 Å². The van der Waals surface area contributed by atoms with Gasteiger partial charge in [0.1, 0.15) is 0 Å². The van der Waals surface area contributed by atoms with E-state index in [1.165, 1.54) is 25.5 Å². The number of piperidine rings is 1. The quantitative estimate of drug-likeness (QED) is 0.513. The van der Waals surface area contributed by atoms with Crippen molar-refractivity contribution < 1.29 is 9.53 Å². The molecule has 0 aliphatic carbocycles. The molecular weight excluding hydrogens is 290 g/mol. The first-order valence-corrected chi connectivity index (χ1v) is 8.29. The molecule has 1 heterocycles. The van der Waals surface area contributed by atoms with E-state index in [0.29, 0.717) is 13.0 Å². The zero-order chi connectivity index (χ0) is 16.5. The standard InChI is InChI=1S/C18H27N3O2/c1-19-18(20-11-8-17(22)23-2)21-12-9-16(10-13-21)14-15-6-4-3-5-7-15/h3-7,16H,8-14H2,1-2H3,(H,19,20). The van der Waals surface area contributed by atoms with Crippen LogP contribution < -0.4 is 5.32 Å². The molecule has 0 saturated carbocycles. The Bertz CT molecular complexity index is 508. The molecule has 2 rings (SSSR count). The molecule has 0 aromatic heterocycles. The minimum atomic E-state index is -0.200. The fourth-order valence-electron chi connectivity index (χ4n) is 3.01. The summed E-state index contributed by atoms with van der Waals surface area (Å²) in [5, 5.41) is 3.24. The zero-order valence-electron chi connectivity index (χ0n) is 14.1. The molecule has 1 aliphatic rings. The number of nitrogens with zero attached hydrogens (tertiary/aromatic N) is 2. The average molecular weight is 317 g/mol. The van der Waals surface area contributed by atoms with Crippen molar-refractivity contribution in [1.82, 2.24) is 10.2 Å². The van der Waals surface area contributed by atoms with Crippen LogP contribution in [0.5, 0.6) is 0 Å². The Morgan fingerprint density at radius 1 is 1.30 bits per heavy atom. The molecule has 1 fully saturated rings. The molecule has 0 amide bonds. The van der Waals surface area contributed by atoms with E-state index in [1.807, 2.05) is 0 Å². The molecule has 1 aliphatic heterocycles. The van der Waals surface area contributed by atoms with Crippen molar-refractivity contribution in [2.45, 2.75) is 25.7 Å². The lowest BCUT2D eigenvalue weighted by Crippen LogP contribution is -2.46. The van der Waals surface area contributed by atoms with Crippen LogP contribution in [0, 0.1) is 5.92 Å². The van der Waals surface area contributed by atoms with Gasteiger partial charge in [-0.3, -0.25) is 9.79 Å². The monoisotopic (exact) mass is 317 g/mol. The van der Waals surface area contributed by atoms with Gasteiger partial charge in [0.2, 0.25) is 0 Å². The van der Waals surface area contributed by atoms with Crippen LogP contribution in [0.25, 0.3) is 0 Å². The Morgan fingerprint density at radius 3 is 2.61 bits per heavy atom. The van der Waals surface area contributed by atoms with Gasteiger partial charge in [-0.05, 0) is 30.7 Å². The summed E-state index contributed by atoms with van der Waals surface area (Å²) in [5.74, 6) is 1.42. The largest absolute Gasteiger partial charge is 0.469 e. The zero-order valence-corrected chi connectivity index (χ0v) is 14.1. The third-order valence-corrected chi connectivity index (χ3v) is 4.33. The van der Waals surface area contributed by atoms with Crippen molar-refractivity contribution in [3.8, 4) is 0 Å². The lowest BCUT2D eigenvalue weighted by Gasteiger charge is -2.34. The van der Waals surface area contributed by atoms with Crippen LogP contribution in [0.1, 0.15) is 24.8 Å². The van der Waals surface area contributed by atoms with Gasteiger partial charge in [-0.15, -0.1) is 0 Å². The molecule has 1 aromatic carbocycles. The number of nitrogens with one attached hydrogen (secondary N) is 1. The molecule has 23 heavy (non-hydrogen) atoms. The summed E-state index contributed by atoms with van der Waals surface area (Å²) >= 11 is 0. The van der Waals surface area contributed by atoms with Gasteiger partial charge >= 0.3 is 5.97 Å². The number of carbonyl (C=O) groups excluding carboxylic acids is 1. The number of ether oxygens (including phenoxy) is 1. The molecule has 1 aromatic rings. The van der Waals surface area contributed by atoms with Crippen LogP contribution in [0.4, 0.5) is 0 Å². The molecule has 0 unspecified atom stereocenters. The molecule has 5 heteroatoms. The molecule has 0 spiro atoms. The van der Waals surface area contributed by atoms with Crippen molar-refractivity contribution in [3.05, 3.63) is 35.9 Å². The number of carbonyl (C=O) groups is 1. The molecule has 126 valence electrons. The highest BCUT2D eigenvalue weighted by atomic mass is 16.5. The first kappa shape index (κ1) is 17.3. The second-order valence-electron chi connectivity index (χ2n) is 5.92. The minimum absolute atomic E-state index is 0.200. The summed E-state index contributed by atoms with van der Waals surface area (Å²) in [6.45, 7) is 2.58. The van der Waals surface area contributed by atoms with Crippen molar-refractivity contribution >= 4 is 11.9 Å². The Morgan fingerprint density at radius 2 is 2.00 bits per heavy atom. The van der Waals surface area contributed by atoms with Gasteiger partial charge in [0.25, 0.3) is 0 Å². The average Bonchev–Trinajstić information content (AvgIpc) is 2.60. The third-order valence-electron chi connectivity index (χ3n) is 4.33. The van der Waals surface area contributed by atoms with Crippen LogP contribution in [-0.2, 0) is 16.0 Å². The van der Waals surface area contributed by atoms with E-state index in [0.717, 1.165) is 31.4 Å². The summed E-state index contributed by atoms with van der Waals surface area (Å²) in [4.78, 5) is 17.8. The highest BCUT2D eigenvalue weighted by Gasteiger charge is 2.21. The maximum Gasteiger partial charge on any atom is 0.307 e. The normalized spacial score (nSPS) is 16.3. The number of hydrogen-bond donors (Lipinski definition) is 1. The van der Waals surface area contributed by atoms with E-state index in [1.54, 1.807) is 7.05 Å². The van der Waals surface area contributed by atoms with Crippen molar-refractivity contribution in [1.29, 1.82) is 0 Å². The number of likely N-dealkylation sites (tertiary alicyclic amines) is 1. The van der Waals surface area contributed by atoms with Crippen LogP contribution in [0.2, 0.25) is 0 Å². The van der Waals surface area contributed by atoms with Gasteiger partial charge in [0.05, 0.1) is 13.5 Å². The number of rotatable bonds is 5. The van der Waals surface area contributed by atoms with E-state index >= 15 is 0 Å². The summed E-state index contributed by atoms with van der Waals surface area (Å²) in [6, 6.07) is 10.7. The van der Waals surface area contributed by atoms with E-state index < -0.39 is 0 Å². The smallest absolute Gasteiger partial charge is 0.307 e. The Balaban J connectivity index is 1.75. The van der Waals surface area contributed by atoms with Gasteiger partial charge in [0.15, 0.2) is 5.96 Å². The molecule has 5 nitrogen and oxygen atoms in total. The van der Waals surface area contributed by atoms with Crippen molar-refractivity contribution in [3.63, 3.8) is 0 Å². The van der Waals surface area contributed by atoms with Gasteiger partial charge in [-0.25, -0.2) is 0 Å². The minimum Gasteiger partial charge on any atom is -0.469 e. The first-order valence-electron chi connectivity index (χ1n) is 8.29. The van der Waals surface area contributed by atoms with Crippen molar-refractivity contribution in [2.24, 2.45) is 10.9 Å². The van der Waals surface area contributed by atoms with E-state index in [2.05, 4.69) is 50.3 Å². The maximum atomic E-state index is 11.2. The SMILES string of the molecule is CN=C(NCCC(=O)OC)N1CCC(Cc2ccccc2)CC1. The number of guanidine groups is 1. The van der Waals surface area contributed by atoms with Crippen molar-refractivity contribution in [2.75, 3.05) is 33.8 Å². The van der Waals surface area contributed by atoms with Crippen LogP contribution in [0.15, 0.2) is 35.3 Å². The predicted molar refractivity (Wildman–Crippen MR) is 92.4 cm³/mol. The lowest BCUT2D eigenvalue weighted by molar-refractivity contribution is -0.140. The van der Waals surface area contributed by atoms with Crippen LogP contribution in [-0.4, -0.2) is 50.6 Å². The third kappa shape index (κ3) is 5.58. The Kier molecular flexibility index (Phi) is 6.91. The molecular formula is C18H27N3O2. The van der Waals surface area contributed by atoms with Crippen LogP contribution >= 0.6 is 0 Å². The van der Waals surface area contributed by atoms with Gasteiger partial charge in [-0.1, -0.05) is 30.3 Å². The summed E-state index contributed by atoms with van der Waals surface area (Å²) in [5.41, 5.74) is 1.42. The van der Waals surface area contributed by atoms with Gasteiger partial charge in [-0.2, -0.15) is 0 Å². The molecule has 1 saturated heterocycles. The maximum absolute atomic E-state index is 11.2. The van der Waals surface area contributed by atoms with E-state index in [-0.39, 0.29) is 5.97 Å². The number of esters is 1. The van der Waals surface area contributed by atoms with Gasteiger partial charge < -0.3 is 15.0 Å². The molecule has 0 atom stereocenters. The second-order valence-corrected chi connectivity index (χ2v) is 5.92. The first-order chi connectivity index (χ1) is 11.2. The summed E-state index contributed by atoms with van der Waals surface area (Å²) in [7, 11) is 3.20. The number of benzene rings is 1. The second kappa shape index (κ2) is 9.18. The number of aliphatic imine (C=N–C) groups is 1. The van der Waals surface area contributed by atoms with E-state index in [4.69, 9.17) is 0 Å².